The standard InChI is InChI=1S/C18H25FN2O4/c1-18(2,3)25-17(24)20-15(16(22)23)10-12-6-7-13(11-14(12)19)21-8-4-5-9-21/h6-7,11,15H,4-5,8-10H2,1-3H3,(H,20,24)(H,22,23). The third-order valence-corrected chi connectivity index (χ3v) is 3.92. The van der Waals surface area contributed by atoms with Crippen molar-refractivity contribution in [3.8, 4) is 0 Å². The summed E-state index contributed by atoms with van der Waals surface area (Å²) in [5, 5.41) is 11.6. The molecule has 7 heteroatoms. The van der Waals surface area contributed by atoms with Gasteiger partial charge in [0.1, 0.15) is 17.5 Å². The monoisotopic (exact) mass is 352 g/mol. The highest BCUT2D eigenvalue weighted by Crippen LogP contribution is 2.23. The molecule has 2 N–H and O–H groups in total. The van der Waals surface area contributed by atoms with Crippen molar-refractivity contribution in [1.82, 2.24) is 5.32 Å². The Labute approximate surface area is 147 Å². The summed E-state index contributed by atoms with van der Waals surface area (Å²) in [6.07, 6.45) is 1.18. The SMILES string of the molecule is CC(C)(C)OC(=O)NC(Cc1ccc(N2CCCC2)cc1F)C(=O)O. The molecule has 1 aromatic rings. The lowest BCUT2D eigenvalue weighted by molar-refractivity contribution is -0.139. The fourth-order valence-corrected chi connectivity index (χ4v) is 2.74. The molecule has 0 radical (unpaired) electrons. The summed E-state index contributed by atoms with van der Waals surface area (Å²) < 4.78 is 19.4. The number of anilines is 1. The zero-order chi connectivity index (χ0) is 18.6. The Morgan fingerprint density at radius 3 is 2.48 bits per heavy atom. The maximum absolute atomic E-state index is 14.4. The number of carboxylic acids is 1. The summed E-state index contributed by atoms with van der Waals surface area (Å²) in [5.74, 6) is -1.71. The van der Waals surface area contributed by atoms with Gasteiger partial charge in [-0.25, -0.2) is 14.0 Å². The van der Waals surface area contributed by atoms with E-state index in [-0.39, 0.29) is 12.0 Å². The van der Waals surface area contributed by atoms with Crippen LogP contribution in [0.3, 0.4) is 0 Å². The largest absolute Gasteiger partial charge is 0.480 e. The van der Waals surface area contributed by atoms with Crippen molar-refractivity contribution in [3.63, 3.8) is 0 Å². The fraction of sp³-hybridized carbons (Fsp3) is 0.556. The predicted octanol–water partition coefficient (Wildman–Crippen LogP) is 2.95. The molecule has 1 unspecified atom stereocenters. The average molecular weight is 352 g/mol. The number of alkyl carbamates (subject to hydrolysis) is 1. The van der Waals surface area contributed by atoms with E-state index in [2.05, 4.69) is 10.2 Å². The second-order valence-corrected chi connectivity index (χ2v) is 7.21. The number of halogens is 1. The molecule has 0 spiro atoms. The van der Waals surface area contributed by atoms with E-state index >= 15 is 0 Å². The highest BCUT2D eigenvalue weighted by Gasteiger charge is 2.25. The van der Waals surface area contributed by atoms with Crippen molar-refractivity contribution in [2.45, 2.75) is 51.7 Å². The summed E-state index contributed by atoms with van der Waals surface area (Å²) in [6.45, 7) is 6.84. The van der Waals surface area contributed by atoms with E-state index in [0.29, 0.717) is 0 Å². The van der Waals surface area contributed by atoms with Gasteiger partial charge in [-0.05, 0) is 51.3 Å². The Bertz CT molecular complexity index is 636. The lowest BCUT2D eigenvalue weighted by atomic mass is 10.0. The molecular formula is C18H25FN2O4. The number of rotatable bonds is 5. The lowest BCUT2D eigenvalue weighted by Gasteiger charge is -2.22. The minimum Gasteiger partial charge on any atom is -0.480 e. The van der Waals surface area contributed by atoms with Crippen LogP contribution in [0, 0.1) is 5.82 Å². The Hall–Kier alpha value is -2.31. The zero-order valence-electron chi connectivity index (χ0n) is 14.8. The highest BCUT2D eigenvalue weighted by molar-refractivity contribution is 5.80. The topological polar surface area (TPSA) is 78.9 Å². The van der Waals surface area contributed by atoms with Gasteiger partial charge in [0, 0.05) is 25.2 Å². The molecule has 1 atom stereocenters. The Morgan fingerprint density at radius 2 is 1.96 bits per heavy atom. The molecule has 2 rings (SSSR count). The van der Waals surface area contributed by atoms with Crippen molar-refractivity contribution in [2.24, 2.45) is 0 Å². The van der Waals surface area contributed by atoms with Crippen LogP contribution in [0.2, 0.25) is 0 Å². The summed E-state index contributed by atoms with van der Waals surface area (Å²) in [4.78, 5) is 25.3. The third-order valence-electron chi connectivity index (χ3n) is 3.92. The van der Waals surface area contributed by atoms with Crippen molar-refractivity contribution < 1.29 is 23.8 Å². The first-order valence-corrected chi connectivity index (χ1v) is 8.41. The van der Waals surface area contributed by atoms with Crippen molar-refractivity contribution in [2.75, 3.05) is 18.0 Å². The minimum absolute atomic E-state index is 0.152. The highest BCUT2D eigenvalue weighted by atomic mass is 19.1. The van der Waals surface area contributed by atoms with Gasteiger partial charge < -0.3 is 20.1 Å². The molecule has 1 aromatic carbocycles. The van der Waals surface area contributed by atoms with Gasteiger partial charge in [0.25, 0.3) is 0 Å². The average Bonchev–Trinajstić information content (AvgIpc) is 3.00. The number of nitrogens with zero attached hydrogens (tertiary/aromatic N) is 1. The molecule has 0 bridgehead atoms. The van der Waals surface area contributed by atoms with Crippen LogP contribution in [-0.4, -0.2) is 41.9 Å². The van der Waals surface area contributed by atoms with Crippen LogP contribution < -0.4 is 10.2 Å². The minimum atomic E-state index is -1.26. The third kappa shape index (κ3) is 5.62. The Balaban J connectivity index is 2.06. The number of aliphatic carboxylic acids is 1. The summed E-state index contributed by atoms with van der Waals surface area (Å²) in [5.41, 5.74) is 0.299. The number of nitrogens with one attached hydrogen (secondary N) is 1. The normalized spacial score (nSPS) is 15.8. The number of carbonyl (C=O) groups is 2. The number of carbonyl (C=O) groups excluding carboxylic acids is 1. The van der Waals surface area contributed by atoms with Gasteiger partial charge in [-0.1, -0.05) is 6.07 Å². The quantitative estimate of drug-likeness (QED) is 0.852. The van der Waals surface area contributed by atoms with Crippen LogP contribution in [0.5, 0.6) is 0 Å². The smallest absolute Gasteiger partial charge is 0.408 e. The first kappa shape index (κ1) is 19.0. The van der Waals surface area contributed by atoms with Crippen molar-refractivity contribution in [1.29, 1.82) is 0 Å². The van der Waals surface area contributed by atoms with E-state index in [4.69, 9.17) is 4.74 Å². The van der Waals surface area contributed by atoms with Crippen LogP contribution in [0.15, 0.2) is 18.2 Å². The molecule has 25 heavy (non-hydrogen) atoms. The first-order chi connectivity index (χ1) is 11.7. The van der Waals surface area contributed by atoms with Crippen molar-refractivity contribution >= 4 is 17.7 Å². The maximum Gasteiger partial charge on any atom is 0.408 e. The molecule has 0 saturated carbocycles. The molecule has 0 aliphatic carbocycles. The molecule has 1 aliphatic rings. The van der Waals surface area contributed by atoms with Gasteiger partial charge in [0.15, 0.2) is 0 Å². The predicted molar refractivity (Wildman–Crippen MR) is 92.3 cm³/mol. The maximum atomic E-state index is 14.4. The van der Waals surface area contributed by atoms with Gasteiger partial charge in [0.05, 0.1) is 0 Å². The van der Waals surface area contributed by atoms with Crippen LogP contribution in [0.4, 0.5) is 14.9 Å². The van der Waals surface area contributed by atoms with Crippen molar-refractivity contribution in [3.05, 3.63) is 29.6 Å². The number of benzene rings is 1. The molecule has 1 heterocycles. The lowest BCUT2D eigenvalue weighted by Crippen LogP contribution is -2.44. The molecule has 6 nitrogen and oxygen atoms in total. The molecule has 1 fully saturated rings. The van der Waals surface area contributed by atoms with E-state index in [1.54, 1.807) is 32.9 Å². The fourth-order valence-electron chi connectivity index (χ4n) is 2.74. The number of carboxylic acid groups (broad SMARTS) is 1. The molecule has 1 saturated heterocycles. The Morgan fingerprint density at radius 1 is 1.32 bits per heavy atom. The van der Waals surface area contributed by atoms with E-state index in [0.717, 1.165) is 31.6 Å². The molecule has 1 amide bonds. The van der Waals surface area contributed by atoms with E-state index < -0.39 is 29.5 Å². The van der Waals surface area contributed by atoms with Crippen LogP contribution in [0.25, 0.3) is 0 Å². The summed E-state index contributed by atoms with van der Waals surface area (Å²) >= 11 is 0. The number of amides is 1. The van der Waals surface area contributed by atoms with Crippen LogP contribution >= 0.6 is 0 Å². The van der Waals surface area contributed by atoms with E-state index in [1.807, 2.05) is 0 Å². The molecule has 138 valence electrons. The van der Waals surface area contributed by atoms with E-state index in [9.17, 15) is 19.1 Å². The second kappa shape index (κ2) is 7.72. The molecule has 1 aliphatic heterocycles. The van der Waals surface area contributed by atoms with E-state index in [1.165, 1.54) is 6.07 Å². The molecule has 0 aromatic heterocycles. The van der Waals surface area contributed by atoms with Gasteiger partial charge in [-0.3, -0.25) is 0 Å². The Kier molecular flexibility index (Phi) is 5.87. The van der Waals surface area contributed by atoms with Gasteiger partial charge >= 0.3 is 12.1 Å². The number of hydrogen-bond donors (Lipinski definition) is 2. The zero-order valence-corrected chi connectivity index (χ0v) is 14.8. The van der Waals surface area contributed by atoms with Gasteiger partial charge in [-0.2, -0.15) is 0 Å². The van der Waals surface area contributed by atoms with Crippen LogP contribution in [-0.2, 0) is 16.0 Å². The van der Waals surface area contributed by atoms with Gasteiger partial charge in [-0.15, -0.1) is 0 Å². The summed E-state index contributed by atoms with van der Waals surface area (Å²) in [6, 6.07) is 3.53. The van der Waals surface area contributed by atoms with Gasteiger partial charge in [0.2, 0.25) is 0 Å². The number of hydrogen-bond acceptors (Lipinski definition) is 4. The van der Waals surface area contributed by atoms with Crippen LogP contribution in [0.1, 0.15) is 39.2 Å². The summed E-state index contributed by atoms with van der Waals surface area (Å²) in [7, 11) is 0. The molecular weight excluding hydrogens is 327 g/mol. The first-order valence-electron chi connectivity index (χ1n) is 8.41. The second-order valence-electron chi connectivity index (χ2n) is 7.21. The number of ether oxygens (including phenoxy) is 1.